The van der Waals surface area contributed by atoms with Crippen LogP contribution in [-0.2, 0) is 5.41 Å². The highest BCUT2D eigenvalue weighted by Gasteiger charge is 2.35. The number of carboxylic acids is 1. The number of hydrogen-bond acceptors (Lipinski definition) is 2. The van der Waals surface area contributed by atoms with Crippen molar-refractivity contribution < 1.29 is 9.90 Å². The highest BCUT2D eigenvalue weighted by atomic mass is 16.4. The number of benzene rings is 1. The summed E-state index contributed by atoms with van der Waals surface area (Å²) in [5.41, 5.74) is 8.55. The fourth-order valence-corrected chi connectivity index (χ4v) is 2.39. The van der Waals surface area contributed by atoms with Crippen molar-refractivity contribution >= 4 is 5.97 Å². The lowest BCUT2D eigenvalue weighted by Crippen LogP contribution is -2.14. The van der Waals surface area contributed by atoms with Crippen molar-refractivity contribution in [3.63, 3.8) is 0 Å². The van der Waals surface area contributed by atoms with E-state index in [0.29, 0.717) is 5.56 Å². The molecule has 80 valence electrons. The van der Waals surface area contributed by atoms with Gasteiger partial charge in [-0.05, 0) is 35.1 Å². The summed E-state index contributed by atoms with van der Waals surface area (Å²) in [6.45, 7) is 4.28. The SMILES string of the molecule is CC1(C)C[C@@H](N)c2cc(C(=O)O)ccc21. The van der Waals surface area contributed by atoms with Crippen LogP contribution in [0.5, 0.6) is 0 Å². The maximum Gasteiger partial charge on any atom is 0.335 e. The second-order valence-electron chi connectivity index (χ2n) is 4.80. The van der Waals surface area contributed by atoms with E-state index in [1.54, 1.807) is 12.1 Å². The first-order valence-electron chi connectivity index (χ1n) is 5.05. The summed E-state index contributed by atoms with van der Waals surface area (Å²) in [5.74, 6) is -0.894. The fraction of sp³-hybridized carbons (Fsp3) is 0.417. The van der Waals surface area contributed by atoms with Crippen LogP contribution in [-0.4, -0.2) is 11.1 Å². The van der Waals surface area contributed by atoms with Crippen LogP contribution in [0.1, 0.15) is 47.8 Å². The van der Waals surface area contributed by atoms with Crippen LogP contribution in [0, 0.1) is 0 Å². The van der Waals surface area contributed by atoms with E-state index in [4.69, 9.17) is 10.8 Å². The molecule has 0 aromatic heterocycles. The van der Waals surface area contributed by atoms with Gasteiger partial charge in [-0.1, -0.05) is 19.9 Å². The van der Waals surface area contributed by atoms with Gasteiger partial charge in [-0.25, -0.2) is 4.79 Å². The summed E-state index contributed by atoms with van der Waals surface area (Å²) in [6.07, 6.45) is 0.880. The Bertz CT molecular complexity index is 424. The zero-order valence-electron chi connectivity index (χ0n) is 8.95. The van der Waals surface area contributed by atoms with Crippen molar-refractivity contribution in [3.05, 3.63) is 34.9 Å². The molecule has 15 heavy (non-hydrogen) atoms. The van der Waals surface area contributed by atoms with Crippen molar-refractivity contribution in [2.45, 2.75) is 31.7 Å². The van der Waals surface area contributed by atoms with E-state index in [9.17, 15) is 4.79 Å². The molecule has 3 nitrogen and oxygen atoms in total. The predicted octanol–water partition coefficient (Wildman–Crippen LogP) is 2.07. The smallest absolute Gasteiger partial charge is 0.335 e. The van der Waals surface area contributed by atoms with Crippen LogP contribution in [0.4, 0.5) is 0 Å². The molecular weight excluding hydrogens is 190 g/mol. The van der Waals surface area contributed by atoms with Crippen molar-refractivity contribution in [3.8, 4) is 0 Å². The normalized spacial score (nSPS) is 22.5. The van der Waals surface area contributed by atoms with E-state index < -0.39 is 5.97 Å². The van der Waals surface area contributed by atoms with Gasteiger partial charge in [-0.15, -0.1) is 0 Å². The third kappa shape index (κ3) is 1.53. The maximum atomic E-state index is 10.8. The van der Waals surface area contributed by atoms with E-state index >= 15 is 0 Å². The molecule has 1 atom stereocenters. The minimum Gasteiger partial charge on any atom is -0.478 e. The van der Waals surface area contributed by atoms with Gasteiger partial charge in [0, 0.05) is 6.04 Å². The van der Waals surface area contributed by atoms with E-state index in [0.717, 1.165) is 12.0 Å². The molecule has 3 N–H and O–H groups in total. The van der Waals surface area contributed by atoms with E-state index in [2.05, 4.69) is 13.8 Å². The number of nitrogens with two attached hydrogens (primary N) is 1. The van der Waals surface area contributed by atoms with Gasteiger partial charge in [0.15, 0.2) is 0 Å². The molecule has 0 unspecified atom stereocenters. The Morgan fingerprint density at radius 1 is 1.53 bits per heavy atom. The summed E-state index contributed by atoms with van der Waals surface area (Å²) in [7, 11) is 0. The van der Waals surface area contributed by atoms with Gasteiger partial charge in [-0.2, -0.15) is 0 Å². The molecule has 1 aliphatic rings. The van der Waals surface area contributed by atoms with Gasteiger partial charge in [-0.3, -0.25) is 0 Å². The first kappa shape index (κ1) is 10.2. The van der Waals surface area contributed by atoms with Gasteiger partial charge >= 0.3 is 5.97 Å². The van der Waals surface area contributed by atoms with Crippen molar-refractivity contribution in [2.24, 2.45) is 5.73 Å². The lowest BCUT2D eigenvalue weighted by atomic mass is 9.86. The molecule has 1 aliphatic carbocycles. The van der Waals surface area contributed by atoms with Crippen molar-refractivity contribution in [1.82, 2.24) is 0 Å². The average Bonchev–Trinajstić information content (AvgIpc) is 2.37. The predicted molar refractivity (Wildman–Crippen MR) is 58.0 cm³/mol. The summed E-state index contributed by atoms with van der Waals surface area (Å²) in [4.78, 5) is 10.8. The van der Waals surface area contributed by atoms with E-state index in [-0.39, 0.29) is 11.5 Å². The number of carboxylic acid groups (broad SMARTS) is 1. The molecular formula is C12H15NO2. The molecule has 0 amide bonds. The summed E-state index contributed by atoms with van der Waals surface area (Å²) in [6, 6.07) is 5.22. The number of aromatic carboxylic acids is 1. The molecule has 1 aromatic rings. The molecule has 0 bridgehead atoms. The van der Waals surface area contributed by atoms with Crippen LogP contribution in [0.2, 0.25) is 0 Å². The number of rotatable bonds is 1. The zero-order chi connectivity index (χ0) is 11.2. The van der Waals surface area contributed by atoms with Crippen LogP contribution in [0.25, 0.3) is 0 Å². The standard InChI is InChI=1S/C12H15NO2/c1-12(2)6-10(13)8-5-7(11(14)15)3-4-9(8)12/h3-5,10H,6,13H2,1-2H3,(H,14,15)/t10-/m1/s1. The second kappa shape index (κ2) is 3.07. The van der Waals surface area contributed by atoms with Crippen molar-refractivity contribution in [1.29, 1.82) is 0 Å². The van der Waals surface area contributed by atoms with Gasteiger partial charge < -0.3 is 10.8 Å². The summed E-state index contributed by atoms with van der Waals surface area (Å²) >= 11 is 0. The number of carbonyl (C=O) groups is 1. The number of fused-ring (bicyclic) bond motifs is 1. The Balaban J connectivity index is 2.55. The van der Waals surface area contributed by atoms with Gasteiger partial charge in [0.05, 0.1) is 5.56 Å². The van der Waals surface area contributed by atoms with E-state index in [1.807, 2.05) is 6.07 Å². The molecule has 0 aliphatic heterocycles. The average molecular weight is 205 g/mol. The third-order valence-electron chi connectivity index (χ3n) is 3.16. The molecule has 0 saturated carbocycles. The molecule has 0 radical (unpaired) electrons. The molecule has 2 rings (SSSR count). The largest absolute Gasteiger partial charge is 0.478 e. The molecule has 3 heteroatoms. The minimum atomic E-state index is -0.894. The van der Waals surface area contributed by atoms with Crippen LogP contribution < -0.4 is 5.73 Å². The molecule has 1 aromatic carbocycles. The molecule has 0 fully saturated rings. The van der Waals surface area contributed by atoms with Gasteiger partial charge in [0.1, 0.15) is 0 Å². The Hall–Kier alpha value is -1.35. The topological polar surface area (TPSA) is 63.3 Å². The van der Waals surface area contributed by atoms with Crippen LogP contribution >= 0.6 is 0 Å². The Kier molecular flexibility index (Phi) is 2.08. The molecule has 0 heterocycles. The second-order valence-corrected chi connectivity index (χ2v) is 4.80. The fourth-order valence-electron chi connectivity index (χ4n) is 2.39. The quantitative estimate of drug-likeness (QED) is 0.737. The summed E-state index contributed by atoms with van der Waals surface area (Å²) < 4.78 is 0. The lowest BCUT2D eigenvalue weighted by molar-refractivity contribution is 0.0696. The summed E-state index contributed by atoms with van der Waals surface area (Å²) in [5, 5.41) is 8.89. The van der Waals surface area contributed by atoms with Crippen LogP contribution in [0.15, 0.2) is 18.2 Å². The Labute approximate surface area is 88.9 Å². The first-order valence-corrected chi connectivity index (χ1v) is 5.05. The lowest BCUT2D eigenvalue weighted by Gasteiger charge is -2.18. The first-order chi connectivity index (χ1) is 6.92. The van der Waals surface area contributed by atoms with Gasteiger partial charge in [0.2, 0.25) is 0 Å². The van der Waals surface area contributed by atoms with Crippen LogP contribution in [0.3, 0.4) is 0 Å². The maximum absolute atomic E-state index is 10.8. The highest BCUT2D eigenvalue weighted by Crippen LogP contribution is 2.43. The molecule has 0 spiro atoms. The Morgan fingerprint density at radius 2 is 2.20 bits per heavy atom. The van der Waals surface area contributed by atoms with E-state index in [1.165, 1.54) is 5.56 Å². The molecule has 0 saturated heterocycles. The monoisotopic (exact) mass is 205 g/mol. The Morgan fingerprint density at radius 3 is 2.80 bits per heavy atom. The third-order valence-corrected chi connectivity index (χ3v) is 3.16. The number of hydrogen-bond donors (Lipinski definition) is 2. The minimum absolute atomic E-state index is 0.0331. The zero-order valence-corrected chi connectivity index (χ0v) is 8.95. The van der Waals surface area contributed by atoms with Crippen molar-refractivity contribution in [2.75, 3.05) is 0 Å². The van der Waals surface area contributed by atoms with Gasteiger partial charge in [0.25, 0.3) is 0 Å². The highest BCUT2D eigenvalue weighted by molar-refractivity contribution is 5.88.